The number of rotatable bonds is 6. The van der Waals surface area contributed by atoms with Crippen LogP contribution in [0.3, 0.4) is 0 Å². The maximum atomic E-state index is 9.43. The Balaban J connectivity index is 3.36. The first-order valence-corrected chi connectivity index (χ1v) is 5.74. The normalized spacial score (nSPS) is 13.9. The number of hydrogen-bond acceptors (Lipinski definition) is 4. The molecule has 0 heterocycles. The van der Waals surface area contributed by atoms with Gasteiger partial charge >= 0.3 is 0 Å². The minimum Gasteiger partial charge on any atom is -0.359 e. The standard InChI is InChI=1S/C15H16N2O2/c1-4-14(2,13-8-6-5-7-9-13)15(10-16,11-17)19-12-18-3/h4-9H,1,12H2,2-3H3. The van der Waals surface area contributed by atoms with Crippen molar-refractivity contribution in [1.29, 1.82) is 10.5 Å². The molecule has 0 aliphatic carbocycles. The molecule has 0 bridgehead atoms. The van der Waals surface area contributed by atoms with Crippen molar-refractivity contribution >= 4 is 0 Å². The maximum absolute atomic E-state index is 9.43. The highest BCUT2D eigenvalue weighted by Gasteiger charge is 2.50. The molecule has 0 N–H and O–H groups in total. The molecule has 4 heteroatoms. The lowest BCUT2D eigenvalue weighted by atomic mass is 9.69. The fraction of sp³-hybridized carbons (Fsp3) is 0.333. The van der Waals surface area contributed by atoms with Gasteiger partial charge in [-0.25, -0.2) is 0 Å². The quantitative estimate of drug-likeness (QED) is 0.579. The van der Waals surface area contributed by atoms with Gasteiger partial charge in [0.25, 0.3) is 5.60 Å². The number of nitriles is 2. The van der Waals surface area contributed by atoms with Crippen LogP contribution in [0, 0.1) is 22.7 Å². The van der Waals surface area contributed by atoms with Crippen LogP contribution < -0.4 is 0 Å². The Morgan fingerprint density at radius 1 is 1.26 bits per heavy atom. The van der Waals surface area contributed by atoms with Crippen LogP contribution in [0.25, 0.3) is 0 Å². The van der Waals surface area contributed by atoms with Crippen molar-refractivity contribution in [2.75, 3.05) is 13.9 Å². The first-order valence-electron chi connectivity index (χ1n) is 5.74. The molecule has 0 aliphatic heterocycles. The molecule has 0 radical (unpaired) electrons. The van der Waals surface area contributed by atoms with Gasteiger partial charge in [0.05, 0.1) is 5.41 Å². The predicted octanol–water partition coefficient (Wildman–Crippen LogP) is 2.54. The zero-order valence-corrected chi connectivity index (χ0v) is 11.1. The summed E-state index contributed by atoms with van der Waals surface area (Å²) in [6.07, 6.45) is 1.56. The van der Waals surface area contributed by atoms with E-state index in [1.807, 2.05) is 42.5 Å². The minimum absolute atomic E-state index is 0.141. The Bertz CT molecular complexity index is 499. The summed E-state index contributed by atoms with van der Waals surface area (Å²) in [4.78, 5) is 0. The second kappa shape index (κ2) is 6.15. The summed E-state index contributed by atoms with van der Waals surface area (Å²) in [6.45, 7) is 5.36. The van der Waals surface area contributed by atoms with E-state index in [1.165, 1.54) is 7.11 Å². The van der Waals surface area contributed by atoms with Gasteiger partial charge in [0.15, 0.2) is 0 Å². The Hall–Kier alpha value is -2.14. The van der Waals surface area contributed by atoms with Crippen molar-refractivity contribution in [3.05, 3.63) is 48.6 Å². The van der Waals surface area contributed by atoms with E-state index < -0.39 is 11.0 Å². The number of nitrogens with zero attached hydrogens (tertiary/aromatic N) is 2. The van der Waals surface area contributed by atoms with E-state index in [1.54, 1.807) is 13.0 Å². The van der Waals surface area contributed by atoms with Crippen LogP contribution in [-0.2, 0) is 14.9 Å². The largest absolute Gasteiger partial charge is 0.359 e. The minimum atomic E-state index is -1.69. The Morgan fingerprint density at radius 3 is 2.26 bits per heavy atom. The molecule has 19 heavy (non-hydrogen) atoms. The average molecular weight is 256 g/mol. The molecule has 1 aromatic carbocycles. The summed E-state index contributed by atoms with van der Waals surface area (Å²) >= 11 is 0. The van der Waals surface area contributed by atoms with Gasteiger partial charge in [0, 0.05) is 7.11 Å². The highest BCUT2D eigenvalue weighted by atomic mass is 16.7. The second-order valence-corrected chi connectivity index (χ2v) is 4.23. The highest BCUT2D eigenvalue weighted by molar-refractivity contribution is 5.43. The van der Waals surface area contributed by atoms with Crippen molar-refractivity contribution < 1.29 is 9.47 Å². The van der Waals surface area contributed by atoms with E-state index in [4.69, 9.17) is 9.47 Å². The predicted molar refractivity (Wildman–Crippen MR) is 70.9 cm³/mol. The fourth-order valence-electron chi connectivity index (χ4n) is 1.87. The fourth-order valence-corrected chi connectivity index (χ4v) is 1.87. The van der Waals surface area contributed by atoms with Crippen molar-refractivity contribution in [3.8, 4) is 12.1 Å². The smallest absolute Gasteiger partial charge is 0.256 e. The molecule has 0 amide bonds. The van der Waals surface area contributed by atoms with Crippen LogP contribution in [0.15, 0.2) is 43.0 Å². The zero-order valence-electron chi connectivity index (χ0n) is 11.1. The van der Waals surface area contributed by atoms with Gasteiger partial charge < -0.3 is 9.47 Å². The number of benzene rings is 1. The Labute approximate surface area is 113 Å². The molecule has 1 aromatic rings. The molecule has 0 saturated heterocycles. The lowest BCUT2D eigenvalue weighted by molar-refractivity contribution is -0.100. The first-order chi connectivity index (χ1) is 9.10. The highest BCUT2D eigenvalue weighted by Crippen LogP contribution is 2.38. The van der Waals surface area contributed by atoms with E-state index in [2.05, 4.69) is 6.58 Å². The summed E-state index contributed by atoms with van der Waals surface area (Å²) in [7, 11) is 1.44. The summed E-state index contributed by atoms with van der Waals surface area (Å²) in [6, 6.07) is 13.1. The molecule has 1 rings (SSSR count). The second-order valence-electron chi connectivity index (χ2n) is 4.23. The third-order valence-corrected chi connectivity index (χ3v) is 3.22. The van der Waals surface area contributed by atoms with Crippen LogP contribution in [0.5, 0.6) is 0 Å². The molecule has 98 valence electrons. The van der Waals surface area contributed by atoms with Gasteiger partial charge in [-0.05, 0) is 12.5 Å². The lowest BCUT2D eigenvalue weighted by Crippen LogP contribution is -2.49. The molecular weight excluding hydrogens is 240 g/mol. The van der Waals surface area contributed by atoms with E-state index in [0.29, 0.717) is 0 Å². The molecule has 1 atom stereocenters. The lowest BCUT2D eigenvalue weighted by Gasteiger charge is -2.36. The van der Waals surface area contributed by atoms with Crippen LogP contribution >= 0.6 is 0 Å². The number of ether oxygens (including phenoxy) is 2. The van der Waals surface area contributed by atoms with Crippen molar-refractivity contribution in [2.24, 2.45) is 0 Å². The summed E-state index contributed by atoms with van der Waals surface area (Å²) in [5.74, 6) is 0. The summed E-state index contributed by atoms with van der Waals surface area (Å²) in [5.41, 5.74) is -1.87. The van der Waals surface area contributed by atoms with Crippen LogP contribution in [-0.4, -0.2) is 19.5 Å². The molecule has 0 saturated carbocycles. The third-order valence-electron chi connectivity index (χ3n) is 3.22. The van der Waals surface area contributed by atoms with E-state index in [-0.39, 0.29) is 6.79 Å². The topological polar surface area (TPSA) is 66.0 Å². The summed E-state index contributed by atoms with van der Waals surface area (Å²) in [5, 5.41) is 18.9. The molecule has 0 spiro atoms. The number of hydrogen-bond donors (Lipinski definition) is 0. The average Bonchev–Trinajstić information content (AvgIpc) is 2.49. The maximum Gasteiger partial charge on any atom is 0.256 e. The molecule has 0 fully saturated rings. The zero-order chi connectivity index (χ0) is 14.4. The molecule has 1 unspecified atom stereocenters. The van der Waals surface area contributed by atoms with Gasteiger partial charge in [-0.3, -0.25) is 0 Å². The van der Waals surface area contributed by atoms with Gasteiger partial charge in [-0.2, -0.15) is 10.5 Å². The van der Waals surface area contributed by atoms with Crippen LogP contribution in [0.2, 0.25) is 0 Å². The molecule has 0 aromatic heterocycles. The van der Waals surface area contributed by atoms with Crippen molar-refractivity contribution in [3.63, 3.8) is 0 Å². The third kappa shape index (κ3) is 2.51. The molecule has 0 aliphatic rings. The molecule has 4 nitrogen and oxygen atoms in total. The van der Waals surface area contributed by atoms with Crippen LogP contribution in [0.1, 0.15) is 12.5 Å². The van der Waals surface area contributed by atoms with Gasteiger partial charge in [0.2, 0.25) is 0 Å². The summed E-state index contributed by atoms with van der Waals surface area (Å²) < 4.78 is 10.2. The van der Waals surface area contributed by atoms with Gasteiger partial charge in [-0.15, -0.1) is 6.58 Å². The van der Waals surface area contributed by atoms with E-state index in [0.717, 1.165) is 5.56 Å². The van der Waals surface area contributed by atoms with Crippen molar-refractivity contribution in [2.45, 2.75) is 17.9 Å². The SMILES string of the molecule is C=CC(C)(c1ccccc1)C(C#N)(C#N)OCOC. The Kier molecular flexibility index (Phi) is 4.83. The van der Waals surface area contributed by atoms with Crippen molar-refractivity contribution in [1.82, 2.24) is 0 Å². The first kappa shape index (κ1) is 14.9. The Morgan fingerprint density at radius 2 is 1.84 bits per heavy atom. The van der Waals surface area contributed by atoms with Gasteiger partial charge in [0.1, 0.15) is 18.9 Å². The molecular formula is C15H16N2O2. The monoisotopic (exact) mass is 256 g/mol. The van der Waals surface area contributed by atoms with Crippen LogP contribution in [0.4, 0.5) is 0 Å². The van der Waals surface area contributed by atoms with Gasteiger partial charge in [-0.1, -0.05) is 36.4 Å². The van der Waals surface area contributed by atoms with E-state index >= 15 is 0 Å². The van der Waals surface area contributed by atoms with E-state index in [9.17, 15) is 10.5 Å². The number of methoxy groups -OCH3 is 1.